The molecule has 0 saturated heterocycles. The highest BCUT2D eigenvalue weighted by Gasteiger charge is 2.22. The number of nitrogens with one attached hydrogen (secondary N) is 1. The minimum absolute atomic E-state index is 0.0185. The molecule has 0 radical (unpaired) electrons. The fourth-order valence-corrected chi connectivity index (χ4v) is 2.76. The summed E-state index contributed by atoms with van der Waals surface area (Å²) < 4.78 is 18.8. The molecule has 0 fully saturated rings. The van der Waals surface area contributed by atoms with Crippen molar-refractivity contribution in [3.63, 3.8) is 0 Å². The van der Waals surface area contributed by atoms with Crippen LogP contribution in [-0.4, -0.2) is 36.9 Å². The number of para-hydroxylation sites is 2. The molecule has 0 saturated carbocycles. The Hall–Kier alpha value is -2.31. The third kappa shape index (κ3) is 4.65. The van der Waals surface area contributed by atoms with Crippen LogP contribution in [0.3, 0.4) is 0 Å². The first kappa shape index (κ1) is 20.0. The fraction of sp³-hybridized carbons (Fsp3) is 0.222. The normalized spacial score (nSPS) is 10.3. The zero-order chi connectivity index (χ0) is 19.3. The molecule has 2 aromatic carbocycles. The third-order valence-corrected chi connectivity index (χ3v) is 4.23. The number of anilines is 1. The molecule has 0 spiro atoms. The van der Waals surface area contributed by atoms with E-state index in [9.17, 15) is 14.0 Å². The number of nitrogens with zero attached hydrogens (tertiary/aromatic N) is 1. The molecule has 8 heteroatoms. The average molecular weight is 399 g/mol. The van der Waals surface area contributed by atoms with Crippen molar-refractivity contribution < 1.29 is 18.7 Å². The number of likely N-dealkylation sites (N-methyl/N-ethyl adjacent to an activating group) is 1. The molecule has 0 atom stereocenters. The first-order valence-corrected chi connectivity index (χ1v) is 8.49. The van der Waals surface area contributed by atoms with Crippen LogP contribution in [0.4, 0.5) is 10.1 Å². The third-order valence-electron chi connectivity index (χ3n) is 3.62. The van der Waals surface area contributed by atoms with E-state index in [1.54, 1.807) is 31.2 Å². The van der Waals surface area contributed by atoms with Crippen molar-refractivity contribution in [2.45, 2.75) is 6.92 Å². The van der Waals surface area contributed by atoms with Gasteiger partial charge in [-0.15, -0.1) is 0 Å². The lowest BCUT2D eigenvalue weighted by Crippen LogP contribution is -2.38. The lowest BCUT2D eigenvalue weighted by Gasteiger charge is -2.21. The van der Waals surface area contributed by atoms with Gasteiger partial charge in [-0.3, -0.25) is 9.59 Å². The number of hydrogen-bond donors (Lipinski definition) is 1. The van der Waals surface area contributed by atoms with Gasteiger partial charge in [0.15, 0.2) is 0 Å². The second-order valence-corrected chi connectivity index (χ2v) is 6.13. The Morgan fingerprint density at radius 3 is 2.54 bits per heavy atom. The van der Waals surface area contributed by atoms with Gasteiger partial charge in [0.2, 0.25) is 5.91 Å². The van der Waals surface area contributed by atoms with E-state index in [-0.39, 0.29) is 28.7 Å². The van der Waals surface area contributed by atoms with Crippen molar-refractivity contribution >= 4 is 40.7 Å². The number of carbonyl (C=O) groups is 2. The monoisotopic (exact) mass is 398 g/mol. The molecule has 0 aliphatic heterocycles. The van der Waals surface area contributed by atoms with E-state index in [1.807, 2.05) is 0 Å². The van der Waals surface area contributed by atoms with Gasteiger partial charge in [-0.2, -0.15) is 0 Å². The quantitative estimate of drug-likeness (QED) is 0.740. The Labute approximate surface area is 160 Å². The van der Waals surface area contributed by atoms with Crippen molar-refractivity contribution in [1.29, 1.82) is 0 Å². The first-order valence-electron chi connectivity index (χ1n) is 7.74. The Bertz CT molecular complexity index is 830. The molecule has 26 heavy (non-hydrogen) atoms. The second-order valence-electron chi connectivity index (χ2n) is 5.31. The zero-order valence-electron chi connectivity index (χ0n) is 14.2. The summed E-state index contributed by atoms with van der Waals surface area (Å²) in [6, 6.07) is 9.03. The Balaban J connectivity index is 2.14. The largest absolute Gasteiger partial charge is 0.495 e. The predicted molar refractivity (Wildman–Crippen MR) is 99.6 cm³/mol. The van der Waals surface area contributed by atoms with Crippen LogP contribution in [0.1, 0.15) is 17.3 Å². The molecule has 2 rings (SSSR count). The maximum Gasteiger partial charge on any atom is 0.255 e. The van der Waals surface area contributed by atoms with Crippen LogP contribution in [0.25, 0.3) is 0 Å². The highest BCUT2D eigenvalue weighted by Crippen LogP contribution is 2.26. The molecule has 2 amide bonds. The maximum absolute atomic E-state index is 13.7. The van der Waals surface area contributed by atoms with E-state index in [2.05, 4.69) is 5.32 Å². The van der Waals surface area contributed by atoms with E-state index in [0.717, 1.165) is 12.1 Å². The summed E-state index contributed by atoms with van der Waals surface area (Å²) >= 11 is 11.6. The van der Waals surface area contributed by atoms with Crippen molar-refractivity contribution in [2.24, 2.45) is 0 Å². The van der Waals surface area contributed by atoms with Gasteiger partial charge in [0, 0.05) is 6.54 Å². The summed E-state index contributed by atoms with van der Waals surface area (Å²) in [5.74, 6) is -1.24. The number of halogens is 3. The highest BCUT2D eigenvalue weighted by atomic mass is 35.5. The van der Waals surface area contributed by atoms with Gasteiger partial charge >= 0.3 is 0 Å². The standard InChI is InChI=1S/C18H17Cl2FN2O3/c1-3-23(18(25)11-8-14(21)13(20)9-12(11)19)10-17(24)22-15-6-4-5-7-16(15)26-2/h4-9H,3,10H2,1-2H3,(H,22,24). The van der Waals surface area contributed by atoms with E-state index in [4.69, 9.17) is 27.9 Å². The maximum atomic E-state index is 13.7. The number of carbonyl (C=O) groups excluding carboxylic acids is 2. The minimum Gasteiger partial charge on any atom is -0.495 e. The zero-order valence-corrected chi connectivity index (χ0v) is 15.7. The van der Waals surface area contributed by atoms with Gasteiger partial charge in [-0.05, 0) is 31.2 Å². The van der Waals surface area contributed by atoms with Crippen molar-refractivity contribution in [3.05, 3.63) is 57.8 Å². The lowest BCUT2D eigenvalue weighted by atomic mass is 10.2. The van der Waals surface area contributed by atoms with Crippen LogP contribution >= 0.6 is 23.2 Å². The number of ether oxygens (including phenoxy) is 1. The van der Waals surface area contributed by atoms with Gasteiger partial charge in [0.1, 0.15) is 18.1 Å². The fourth-order valence-electron chi connectivity index (χ4n) is 2.30. The van der Waals surface area contributed by atoms with Gasteiger partial charge in [0.05, 0.1) is 28.4 Å². The number of amides is 2. The number of rotatable bonds is 6. The summed E-state index contributed by atoms with van der Waals surface area (Å²) in [5, 5.41) is 2.52. The van der Waals surface area contributed by atoms with E-state index >= 15 is 0 Å². The topological polar surface area (TPSA) is 58.6 Å². The molecule has 0 unspecified atom stereocenters. The van der Waals surface area contributed by atoms with E-state index in [1.165, 1.54) is 12.0 Å². The van der Waals surface area contributed by atoms with Crippen molar-refractivity contribution in [1.82, 2.24) is 4.90 Å². The van der Waals surface area contributed by atoms with Crippen LogP contribution in [0.5, 0.6) is 5.75 Å². The molecule has 5 nitrogen and oxygen atoms in total. The van der Waals surface area contributed by atoms with Crippen LogP contribution < -0.4 is 10.1 Å². The summed E-state index contributed by atoms with van der Waals surface area (Å²) in [6.45, 7) is 1.71. The average Bonchev–Trinajstić information content (AvgIpc) is 2.62. The lowest BCUT2D eigenvalue weighted by molar-refractivity contribution is -0.116. The summed E-state index contributed by atoms with van der Waals surface area (Å²) in [7, 11) is 1.49. The summed E-state index contributed by atoms with van der Waals surface area (Å²) in [4.78, 5) is 26.2. The molecule has 1 N–H and O–H groups in total. The summed E-state index contributed by atoms with van der Waals surface area (Å²) in [5.41, 5.74) is 0.430. The van der Waals surface area contributed by atoms with Crippen LogP contribution in [0.2, 0.25) is 10.0 Å². The molecule has 0 aromatic heterocycles. The molecule has 0 heterocycles. The minimum atomic E-state index is -0.756. The van der Waals surface area contributed by atoms with Gasteiger partial charge in [0.25, 0.3) is 5.91 Å². The van der Waals surface area contributed by atoms with Crippen LogP contribution in [-0.2, 0) is 4.79 Å². The molecule has 2 aromatic rings. The van der Waals surface area contributed by atoms with Gasteiger partial charge in [-0.25, -0.2) is 4.39 Å². The van der Waals surface area contributed by atoms with E-state index in [0.29, 0.717) is 11.4 Å². The smallest absolute Gasteiger partial charge is 0.255 e. The molecule has 0 aliphatic rings. The summed E-state index contributed by atoms with van der Waals surface area (Å²) in [6.07, 6.45) is 0. The molecular weight excluding hydrogens is 382 g/mol. The van der Waals surface area contributed by atoms with Crippen LogP contribution in [0.15, 0.2) is 36.4 Å². The van der Waals surface area contributed by atoms with Crippen LogP contribution in [0, 0.1) is 5.82 Å². The Morgan fingerprint density at radius 2 is 1.88 bits per heavy atom. The molecular formula is C18H17Cl2FN2O3. The highest BCUT2D eigenvalue weighted by molar-refractivity contribution is 6.36. The van der Waals surface area contributed by atoms with Crippen molar-refractivity contribution in [3.8, 4) is 5.75 Å². The predicted octanol–water partition coefficient (Wildman–Crippen LogP) is 4.24. The number of methoxy groups -OCH3 is 1. The first-order chi connectivity index (χ1) is 12.4. The Morgan fingerprint density at radius 1 is 1.19 bits per heavy atom. The van der Waals surface area contributed by atoms with Crippen molar-refractivity contribution in [2.75, 3.05) is 25.5 Å². The van der Waals surface area contributed by atoms with Gasteiger partial charge < -0.3 is 15.0 Å². The second kappa shape index (κ2) is 8.87. The molecule has 0 aliphatic carbocycles. The van der Waals surface area contributed by atoms with Gasteiger partial charge in [-0.1, -0.05) is 35.3 Å². The Kier molecular flexibility index (Phi) is 6.83. The molecule has 0 bridgehead atoms. The SMILES string of the molecule is CCN(CC(=O)Nc1ccccc1OC)C(=O)c1cc(F)c(Cl)cc1Cl. The molecule has 138 valence electrons. The number of hydrogen-bond acceptors (Lipinski definition) is 3. The van der Waals surface area contributed by atoms with E-state index < -0.39 is 17.6 Å². The number of benzene rings is 2.